The molecule has 2 aromatic carbocycles. The van der Waals surface area contributed by atoms with Gasteiger partial charge in [0.05, 0.1) is 24.3 Å². The van der Waals surface area contributed by atoms with E-state index in [-0.39, 0.29) is 34.4 Å². The molecule has 0 N–H and O–H groups in total. The van der Waals surface area contributed by atoms with E-state index in [9.17, 15) is 4.79 Å². The molecule has 0 saturated heterocycles. The summed E-state index contributed by atoms with van der Waals surface area (Å²) in [7, 11) is 1.53. The van der Waals surface area contributed by atoms with E-state index >= 15 is 0 Å². The molecule has 1 atom stereocenters. The predicted molar refractivity (Wildman–Crippen MR) is 98.2 cm³/mol. The van der Waals surface area contributed by atoms with E-state index in [1.54, 1.807) is 18.2 Å². The van der Waals surface area contributed by atoms with Crippen LogP contribution in [0.1, 0.15) is 31.6 Å². The maximum Gasteiger partial charge on any atom is 1.00 e. The van der Waals surface area contributed by atoms with Crippen molar-refractivity contribution in [2.75, 3.05) is 13.7 Å². The van der Waals surface area contributed by atoms with Crippen LogP contribution in [0.3, 0.4) is 0 Å². The number of carbonyl (C=O) groups is 1. The van der Waals surface area contributed by atoms with E-state index in [0.717, 1.165) is 23.9 Å². The SMILES string of the molecule is CCCCOc1ccc(PC(=O)c2c(Cl)cccc2OC)cc1.[H-].[Li+]. The van der Waals surface area contributed by atoms with Crippen LogP contribution in [0.15, 0.2) is 42.5 Å². The van der Waals surface area contributed by atoms with Crippen molar-refractivity contribution in [1.29, 1.82) is 0 Å². The van der Waals surface area contributed by atoms with Crippen LogP contribution in [0.4, 0.5) is 0 Å². The van der Waals surface area contributed by atoms with E-state index in [1.807, 2.05) is 24.3 Å². The van der Waals surface area contributed by atoms with Gasteiger partial charge in [-0.1, -0.05) is 43.1 Å². The fraction of sp³-hybridized carbons (Fsp3) is 0.278. The molecule has 0 heterocycles. The third kappa shape index (κ3) is 5.83. The Labute approximate surface area is 163 Å². The summed E-state index contributed by atoms with van der Waals surface area (Å²) in [6.07, 6.45) is 2.14. The Morgan fingerprint density at radius 2 is 1.92 bits per heavy atom. The fourth-order valence-corrected chi connectivity index (χ4v) is 3.37. The van der Waals surface area contributed by atoms with Crippen molar-refractivity contribution in [2.24, 2.45) is 0 Å². The molecule has 0 aliphatic carbocycles. The van der Waals surface area contributed by atoms with Gasteiger partial charge >= 0.3 is 18.9 Å². The maximum absolute atomic E-state index is 12.5. The molecule has 0 radical (unpaired) electrons. The largest absolute Gasteiger partial charge is 1.00 e. The van der Waals surface area contributed by atoms with Gasteiger partial charge in [0.25, 0.3) is 0 Å². The number of methoxy groups -OCH3 is 1. The number of hydrogen-bond donors (Lipinski definition) is 0. The number of benzene rings is 2. The molecule has 0 saturated carbocycles. The van der Waals surface area contributed by atoms with Gasteiger partial charge in [-0.05, 0) is 44.6 Å². The number of carbonyl (C=O) groups excluding carboxylic acids is 1. The molecule has 0 aliphatic heterocycles. The molecule has 1 unspecified atom stereocenters. The molecule has 0 amide bonds. The predicted octanol–water partition coefficient (Wildman–Crippen LogP) is 1.79. The summed E-state index contributed by atoms with van der Waals surface area (Å²) in [6, 6.07) is 12.8. The fourth-order valence-electron chi connectivity index (χ4n) is 2.06. The average Bonchev–Trinajstić information content (AvgIpc) is 2.56. The standard InChI is InChI=1S/C18H20ClO3P.Li.H/c1-3-4-12-22-13-8-10-14(11-9-13)23-18(20)17-15(19)6-5-7-16(17)21-2;;/h5-11,23H,3-4,12H2,1-2H3;;/q;+1;-1. The van der Waals surface area contributed by atoms with Crippen LogP contribution in [0, 0.1) is 0 Å². The van der Waals surface area contributed by atoms with Gasteiger partial charge in [0.1, 0.15) is 11.5 Å². The van der Waals surface area contributed by atoms with Crippen LogP contribution < -0.4 is 33.6 Å². The molecule has 124 valence electrons. The van der Waals surface area contributed by atoms with Gasteiger partial charge < -0.3 is 10.9 Å². The zero-order valence-corrected chi connectivity index (χ0v) is 16.0. The zero-order chi connectivity index (χ0) is 16.7. The first-order valence-corrected chi connectivity index (χ1v) is 8.90. The van der Waals surface area contributed by atoms with Crippen molar-refractivity contribution in [3.63, 3.8) is 0 Å². The second kappa shape index (κ2) is 10.8. The van der Waals surface area contributed by atoms with Gasteiger partial charge in [0, 0.05) is 0 Å². The molecule has 2 aromatic rings. The number of halogens is 1. The van der Waals surface area contributed by atoms with Gasteiger partial charge in [-0.2, -0.15) is 0 Å². The quantitative estimate of drug-likeness (QED) is 0.410. The van der Waals surface area contributed by atoms with Gasteiger partial charge in [0.15, 0.2) is 5.52 Å². The third-order valence-corrected chi connectivity index (χ3v) is 4.72. The normalized spacial score (nSPS) is 10.5. The molecule has 0 aromatic heterocycles. The molecule has 3 nitrogen and oxygen atoms in total. The van der Waals surface area contributed by atoms with Crippen molar-refractivity contribution < 1.29 is 34.6 Å². The summed E-state index contributed by atoms with van der Waals surface area (Å²) in [6.45, 7) is 2.84. The zero-order valence-electron chi connectivity index (χ0n) is 15.3. The molecule has 0 spiro atoms. The van der Waals surface area contributed by atoms with Crippen LogP contribution in [0.25, 0.3) is 0 Å². The van der Waals surface area contributed by atoms with Gasteiger partial charge in [-0.25, -0.2) is 0 Å². The van der Waals surface area contributed by atoms with E-state index in [4.69, 9.17) is 21.1 Å². The smallest absolute Gasteiger partial charge is 1.00 e. The summed E-state index contributed by atoms with van der Waals surface area (Å²) >= 11 is 6.15. The van der Waals surface area contributed by atoms with Crippen LogP contribution in [0.5, 0.6) is 11.5 Å². The number of unbranched alkanes of at least 4 members (excludes halogenated alkanes) is 1. The Morgan fingerprint density at radius 3 is 2.54 bits per heavy atom. The summed E-state index contributed by atoms with van der Waals surface area (Å²) in [5, 5.41) is 1.36. The number of hydrogen-bond acceptors (Lipinski definition) is 3. The topological polar surface area (TPSA) is 35.5 Å². The Balaban J connectivity index is 0.00000288. The van der Waals surface area contributed by atoms with Crippen molar-refractivity contribution in [2.45, 2.75) is 19.8 Å². The molecule has 0 fully saturated rings. The van der Waals surface area contributed by atoms with Crippen LogP contribution in [-0.4, -0.2) is 19.2 Å². The molecular weight excluding hydrogens is 338 g/mol. The van der Waals surface area contributed by atoms with Crippen LogP contribution in [0.2, 0.25) is 5.02 Å². The molecule has 0 aliphatic rings. The molecule has 2 rings (SSSR count). The molecule has 0 bridgehead atoms. The Kier molecular flexibility index (Phi) is 9.48. The first-order chi connectivity index (χ1) is 11.2. The van der Waals surface area contributed by atoms with Gasteiger partial charge in [-0.15, -0.1) is 0 Å². The minimum absolute atomic E-state index is 0. The van der Waals surface area contributed by atoms with Crippen molar-refractivity contribution >= 4 is 31.0 Å². The molecular formula is C18H21ClLiO3P. The minimum atomic E-state index is -0.0351. The summed E-state index contributed by atoms with van der Waals surface area (Å²) < 4.78 is 10.9. The maximum atomic E-state index is 12.5. The Morgan fingerprint density at radius 1 is 1.21 bits per heavy atom. The van der Waals surface area contributed by atoms with Crippen molar-refractivity contribution in [3.05, 3.63) is 53.1 Å². The summed E-state index contributed by atoms with van der Waals surface area (Å²) in [5.41, 5.74) is 0.408. The van der Waals surface area contributed by atoms with Gasteiger partial charge in [-0.3, -0.25) is 4.79 Å². The Hall–Kier alpha value is -0.973. The molecule has 6 heteroatoms. The average molecular weight is 359 g/mol. The second-order valence-corrected chi connectivity index (χ2v) is 6.69. The van der Waals surface area contributed by atoms with Crippen molar-refractivity contribution in [1.82, 2.24) is 0 Å². The molecule has 24 heavy (non-hydrogen) atoms. The van der Waals surface area contributed by atoms with E-state index < -0.39 is 0 Å². The van der Waals surface area contributed by atoms with Crippen LogP contribution >= 0.6 is 20.2 Å². The second-order valence-electron chi connectivity index (χ2n) is 5.00. The number of ether oxygens (including phenoxy) is 2. The first-order valence-electron chi connectivity index (χ1n) is 7.52. The Bertz CT molecular complexity index is 668. The van der Waals surface area contributed by atoms with E-state index in [1.165, 1.54) is 7.11 Å². The summed E-state index contributed by atoms with van der Waals surface area (Å²) in [5.74, 6) is 1.34. The monoisotopic (exact) mass is 358 g/mol. The first kappa shape index (κ1) is 21.1. The minimum Gasteiger partial charge on any atom is -1.00 e. The number of rotatable bonds is 8. The third-order valence-electron chi connectivity index (χ3n) is 3.30. The van der Waals surface area contributed by atoms with E-state index in [2.05, 4.69) is 6.92 Å². The van der Waals surface area contributed by atoms with Gasteiger partial charge in [0.2, 0.25) is 0 Å². The summed E-state index contributed by atoms with van der Waals surface area (Å²) in [4.78, 5) is 12.5. The van der Waals surface area contributed by atoms with E-state index in [0.29, 0.717) is 22.9 Å². The van der Waals surface area contributed by atoms with Crippen molar-refractivity contribution in [3.8, 4) is 11.5 Å². The van der Waals surface area contributed by atoms with Crippen LogP contribution in [-0.2, 0) is 0 Å².